The summed E-state index contributed by atoms with van der Waals surface area (Å²) in [4.78, 5) is 33.1. The van der Waals surface area contributed by atoms with Crippen LogP contribution in [0.5, 0.6) is 17.2 Å². The van der Waals surface area contributed by atoms with Crippen molar-refractivity contribution in [1.29, 1.82) is 0 Å². The van der Waals surface area contributed by atoms with Crippen molar-refractivity contribution in [2.24, 2.45) is 0 Å². The molecule has 1 aromatic carbocycles. The van der Waals surface area contributed by atoms with Crippen LogP contribution in [-0.4, -0.2) is 98.0 Å². The number of carbonyl (C=O) groups excluding carboxylic acids is 1. The van der Waals surface area contributed by atoms with Gasteiger partial charge in [-0.15, -0.1) is 0 Å². The zero-order chi connectivity index (χ0) is 30.3. The van der Waals surface area contributed by atoms with Crippen molar-refractivity contribution in [2.75, 3.05) is 65.4 Å². The van der Waals surface area contributed by atoms with Gasteiger partial charge in [0.25, 0.3) is 0 Å². The van der Waals surface area contributed by atoms with Crippen molar-refractivity contribution < 1.29 is 28.9 Å². The molecule has 232 valence electrons. The fourth-order valence-electron chi connectivity index (χ4n) is 4.96. The minimum absolute atomic E-state index is 0.285. The van der Waals surface area contributed by atoms with E-state index < -0.39 is 12.0 Å². The number of fused-ring (bicyclic) bond motifs is 1. The number of pyridine rings is 1. The predicted octanol–water partition coefficient (Wildman–Crippen LogP) is 4.06. The van der Waals surface area contributed by atoms with Crippen LogP contribution >= 0.6 is 0 Å². The summed E-state index contributed by atoms with van der Waals surface area (Å²) in [5, 5.41) is 15.9. The van der Waals surface area contributed by atoms with Gasteiger partial charge in [0.1, 0.15) is 35.7 Å². The number of rotatable bonds is 18. The van der Waals surface area contributed by atoms with Crippen LogP contribution in [0.3, 0.4) is 0 Å². The molecule has 3 rings (SSSR count). The fourth-order valence-corrected chi connectivity index (χ4v) is 4.96. The summed E-state index contributed by atoms with van der Waals surface area (Å²) in [7, 11) is 3.18. The number of carbonyl (C=O) groups is 2. The summed E-state index contributed by atoms with van der Waals surface area (Å²) in [6.07, 6.45) is 5.25. The Bertz CT molecular complexity index is 1120. The molecule has 0 aliphatic carbocycles. The Morgan fingerprint density at radius 3 is 2.40 bits per heavy atom. The van der Waals surface area contributed by atoms with Crippen LogP contribution in [0.25, 0.3) is 0 Å². The van der Waals surface area contributed by atoms with Crippen molar-refractivity contribution in [3.63, 3.8) is 0 Å². The lowest BCUT2D eigenvalue weighted by Gasteiger charge is -2.26. The first kappa shape index (κ1) is 32.8. The number of benzene rings is 1. The Morgan fingerprint density at radius 2 is 1.74 bits per heavy atom. The second-order valence-corrected chi connectivity index (χ2v) is 10.3. The molecule has 0 saturated heterocycles. The zero-order valence-corrected chi connectivity index (χ0v) is 25.5. The highest BCUT2D eigenvalue weighted by molar-refractivity contribution is 5.82. The molecule has 2 amide bonds. The van der Waals surface area contributed by atoms with Crippen molar-refractivity contribution in [3.8, 4) is 17.2 Å². The smallest absolute Gasteiger partial charge is 0.326 e. The highest BCUT2D eigenvalue weighted by Gasteiger charge is 2.23. The molecule has 0 bridgehead atoms. The SMILES string of the molecule is CCN(CC)C(=O)NC(CCN(CCCCc1ccc2c(n1)NCCC2)CCOc1cc(OC)cc(OC)c1)C(=O)O. The first-order valence-electron chi connectivity index (χ1n) is 15.0. The first-order chi connectivity index (χ1) is 20.4. The van der Waals surface area contributed by atoms with Crippen molar-refractivity contribution in [1.82, 2.24) is 20.1 Å². The lowest BCUT2D eigenvalue weighted by atomic mass is 10.1. The summed E-state index contributed by atoms with van der Waals surface area (Å²) < 4.78 is 16.7. The van der Waals surface area contributed by atoms with E-state index >= 15 is 0 Å². The van der Waals surface area contributed by atoms with Gasteiger partial charge in [-0.25, -0.2) is 14.6 Å². The van der Waals surface area contributed by atoms with Gasteiger partial charge >= 0.3 is 12.0 Å². The third-order valence-electron chi connectivity index (χ3n) is 7.49. The van der Waals surface area contributed by atoms with E-state index in [1.54, 1.807) is 37.3 Å². The molecular formula is C31H47N5O6. The number of methoxy groups -OCH3 is 2. The topological polar surface area (TPSA) is 125 Å². The van der Waals surface area contributed by atoms with Crippen LogP contribution in [0.1, 0.15) is 50.8 Å². The molecule has 1 unspecified atom stereocenters. The van der Waals surface area contributed by atoms with Gasteiger partial charge in [0, 0.05) is 56.6 Å². The van der Waals surface area contributed by atoms with Crippen molar-refractivity contribution in [2.45, 2.75) is 58.4 Å². The average Bonchev–Trinajstić information content (AvgIpc) is 3.00. The number of amides is 2. The predicted molar refractivity (Wildman–Crippen MR) is 163 cm³/mol. The molecule has 0 fully saturated rings. The fraction of sp³-hybridized carbons (Fsp3) is 0.581. The normalized spacial score (nSPS) is 13.1. The largest absolute Gasteiger partial charge is 0.496 e. The summed E-state index contributed by atoms with van der Waals surface area (Å²) >= 11 is 0. The minimum Gasteiger partial charge on any atom is -0.496 e. The number of aryl methyl sites for hydroxylation is 2. The molecule has 1 atom stereocenters. The molecular weight excluding hydrogens is 538 g/mol. The second-order valence-electron chi connectivity index (χ2n) is 10.3. The van der Waals surface area contributed by atoms with E-state index in [0.29, 0.717) is 50.0 Å². The maximum atomic E-state index is 12.5. The molecule has 0 spiro atoms. The maximum Gasteiger partial charge on any atom is 0.326 e. The number of carboxylic acids is 1. The van der Waals surface area contributed by atoms with Crippen molar-refractivity contribution >= 4 is 17.8 Å². The van der Waals surface area contributed by atoms with E-state index in [1.165, 1.54) is 5.56 Å². The lowest BCUT2D eigenvalue weighted by Crippen LogP contribution is -2.49. The second kappa shape index (κ2) is 17.3. The monoisotopic (exact) mass is 585 g/mol. The maximum absolute atomic E-state index is 12.5. The van der Waals surface area contributed by atoms with Crippen LogP contribution in [-0.2, 0) is 17.6 Å². The highest BCUT2D eigenvalue weighted by atomic mass is 16.5. The molecule has 0 saturated carbocycles. The standard InChI is InChI=1S/C31H47N5O6/c1-5-36(6-2)31(39)34-28(30(37)38)14-17-35(18-19-42-27-21-25(40-3)20-26(22-27)41-4)16-8-7-11-24-13-12-23-10-9-15-32-29(23)33-24/h12-13,20-22,28H,5-11,14-19H2,1-4H3,(H,32,33)(H,34,39)(H,37,38). The summed E-state index contributed by atoms with van der Waals surface area (Å²) in [5.74, 6) is 1.88. The summed E-state index contributed by atoms with van der Waals surface area (Å²) in [5.41, 5.74) is 2.36. The Labute approximate surface area is 249 Å². The summed E-state index contributed by atoms with van der Waals surface area (Å²) in [6.45, 7) is 8.00. The van der Waals surface area contributed by atoms with E-state index in [0.717, 1.165) is 56.7 Å². The Morgan fingerprint density at radius 1 is 1.02 bits per heavy atom. The molecule has 2 heterocycles. The van der Waals surface area contributed by atoms with Gasteiger partial charge in [0.2, 0.25) is 0 Å². The number of ether oxygens (including phenoxy) is 3. The van der Waals surface area contributed by atoms with Crippen LogP contribution < -0.4 is 24.8 Å². The number of anilines is 1. The minimum atomic E-state index is -1.04. The summed E-state index contributed by atoms with van der Waals surface area (Å²) in [6, 6.07) is 8.35. The Hall–Kier alpha value is -3.73. The number of carboxylic acid groups (broad SMARTS) is 1. The van der Waals surface area contributed by atoms with Crippen LogP contribution in [0, 0.1) is 0 Å². The molecule has 3 N–H and O–H groups in total. The molecule has 1 aromatic heterocycles. The molecule has 42 heavy (non-hydrogen) atoms. The van der Waals surface area contributed by atoms with Crippen LogP contribution in [0.2, 0.25) is 0 Å². The number of nitrogens with zero attached hydrogens (tertiary/aromatic N) is 3. The van der Waals surface area contributed by atoms with E-state index in [2.05, 4.69) is 27.7 Å². The number of hydrogen-bond donors (Lipinski definition) is 3. The third-order valence-corrected chi connectivity index (χ3v) is 7.49. The Kier molecular flexibility index (Phi) is 13.5. The van der Waals surface area contributed by atoms with E-state index in [4.69, 9.17) is 19.2 Å². The molecule has 11 nitrogen and oxygen atoms in total. The van der Waals surface area contributed by atoms with Crippen LogP contribution in [0.15, 0.2) is 30.3 Å². The van der Waals surface area contributed by atoms with Crippen molar-refractivity contribution in [3.05, 3.63) is 41.6 Å². The lowest BCUT2D eigenvalue weighted by molar-refractivity contribution is -0.139. The van der Waals surface area contributed by atoms with Gasteiger partial charge in [-0.3, -0.25) is 4.90 Å². The van der Waals surface area contributed by atoms with E-state index in [-0.39, 0.29) is 12.5 Å². The zero-order valence-electron chi connectivity index (χ0n) is 25.5. The Balaban J connectivity index is 1.58. The van der Waals surface area contributed by atoms with Gasteiger partial charge in [0.05, 0.1) is 14.2 Å². The van der Waals surface area contributed by atoms with Gasteiger partial charge in [-0.05, 0) is 70.5 Å². The highest BCUT2D eigenvalue weighted by Crippen LogP contribution is 2.27. The number of aromatic nitrogens is 1. The third kappa shape index (κ3) is 10.3. The van der Waals surface area contributed by atoms with E-state index in [9.17, 15) is 14.7 Å². The van der Waals surface area contributed by atoms with Gasteiger partial charge in [-0.1, -0.05) is 6.07 Å². The number of hydrogen-bond acceptors (Lipinski definition) is 8. The molecule has 11 heteroatoms. The average molecular weight is 586 g/mol. The molecule has 1 aliphatic heterocycles. The number of aliphatic carboxylic acids is 1. The number of unbranched alkanes of at least 4 members (excludes halogenated alkanes) is 1. The number of nitrogens with one attached hydrogen (secondary N) is 2. The molecule has 0 radical (unpaired) electrons. The molecule has 1 aliphatic rings. The quantitative estimate of drug-likeness (QED) is 0.222. The van der Waals surface area contributed by atoms with Gasteiger partial charge in [0.15, 0.2) is 0 Å². The molecule has 2 aromatic rings. The van der Waals surface area contributed by atoms with Gasteiger partial charge < -0.3 is 34.9 Å². The van der Waals surface area contributed by atoms with E-state index in [1.807, 2.05) is 13.8 Å². The number of urea groups is 1. The first-order valence-corrected chi connectivity index (χ1v) is 15.0. The van der Waals surface area contributed by atoms with Gasteiger partial charge in [-0.2, -0.15) is 0 Å². The van der Waals surface area contributed by atoms with Crippen LogP contribution in [0.4, 0.5) is 10.6 Å².